The van der Waals surface area contributed by atoms with Gasteiger partial charge in [0.05, 0.1) is 22.6 Å². The van der Waals surface area contributed by atoms with Crippen LogP contribution >= 0.6 is 0 Å². The molecule has 35 heavy (non-hydrogen) atoms. The highest BCUT2D eigenvalue weighted by atomic mass is 16.5. The quantitative estimate of drug-likeness (QED) is 0.561. The molecule has 1 spiro atoms. The van der Waals surface area contributed by atoms with Crippen molar-refractivity contribution in [2.45, 2.75) is 56.8 Å². The number of hydrogen-bond acceptors (Lipinski definition) is 6. The minimum atomic E-state index is -1.38. The van der Waals surface area contributed by atoms with E-state index in [1.54, 1.807) is 30.0 Å². The van der Waals surface area contributed by atoms with E-state index < -0.39 is 23.5 Å². The van der Waals surface area contributed by atoms with Crippen molar-refractivity contribution < 1.29 is 14.3 Å². The first-order chi connectivity index (χ1) is 16.7. The van der Waals surface area contributed by atoms with Crippen LogP contribution < -0.4 is 21.1 Å². The molecule has 5 aliphatic rings. The molecule has 9 nitrogen and oxygen atoms in total. The standard InChI is InChI=1S/C26H25N5O4/c1-13(2)19-22(34)30-17-11-7-5-9-15(17)26(24(30)28-19)12-18-20(32)29-25(3,35-26)23-27-16-10-6-4-8-14(16)21(33)31(18)23/h4-11,13,18-19,24,28H,12H2,1-3H3,(H,29,32)/t18-,19+,24-,25-,26-/m1/s1. The van der Waals surface area contributed by atoms with Crippen molar-refractivity contribution in [1.29, 1.82) is 0 Å². The molecule has 5 atom stereocenters. The Bertz CT molecular complexity index is 1520. The first kappa shape index (κ1) is 20.8. The lowest BCUT2D eigenvalue weighted by atomic mass is 9.86. The Hall–Kier alpha value is -3.56. The zero-order valence-corrected chi connectivity index (χ0v) is 19.6. The molecule has 1 aromatic heterocycles. The van der Waals surface area contributed by atoms with Gasteiger partial charge in [0, 0.05) is 12.0 Å². The van der Waals surface area contributed by atoms with Crippen molar-refractivity contribution in [1.82, 2.24) is 20.2 Å². The molecule has 2 saturated heterocycles. The van der Waals surface area contributed by atoms with Crippen LogP contribution in [0.1, 0.15) is 44.6 Å². The van der Waals surface area contributed by atoms with Crippen LogP contribution in [0.3, 0.4) is 0 Å². The summed E-state index contributed by atoms with van der Waals surface area (Å²) >= 11 is 0. The number of rotatable bonds is 1. The van der Waals surface area contributed by atoms with Crippen molar-refractivity contribution in [3.8, 4) is 0 Å². The summed E-state index contributed by atoms with van der Waals surface area (Å²) in [4.78, 5) is 47.2. The molecule has 0 aliphatic carbocycles. The van der Waals surface area contributed by atoms with Crippen LogP contribution in [0.4, 0.5) is 5.69 Å². The summed E-state index contributed by atoms with van der Waals surface area (Å²) in [6.45, 7) is 5.75. The number of para-hydroxylation sites is 2. The summed E-state index contributed by atoms with van der Waals surface area (Å²) in [5, 5.41) is 6.97. The van der Waals surface area contributed by atoms with Gasteiger partial charge in [0.15, 0.2) is 11.5 Å². The molecule has 0 saturated carbocycles. The highest BCUT2D eigenvalue weighted by Gasteiger charge is 2.66. The smallest absolute Gasteiger partial charge is 0.262 e. The number of anilines is 1. The predicted molar refractivity (Wildman–Crippen MR) is 127 cm³/mol. The second kappa shape index (κ2) is 6.56. The summed E-state index contributed by atoms with van der Waals surface area (Å²) in [7, 11) is 0. The summed E-state index contributed by atoms with van der Waals surface area (Å²) in [5.74, 6) is 0.125. The van der Waals surface area contributed by atoms with E-state index in [0.29, 0.717) is 16.7 Å². The van der Waals surface area contributed by atoms with Crippen LogP contribution in [0.2, 0.25) is 0 Å². The maximum atomic E-state index is 13.7. The van der Waals surface area contributed by atoms with Gasteiger partial charge in [-0.1, -0.05) is 44.2 Å². The number of hydrogen-bond donors (Lipinski definition) is 2. The zero-order valence-electron chi connectivity index (χ0n) is 19.6. The lowest BCUT2D eigenvalue weighted by molar-refractivity contribution is -0.181. The number of carbonyl (C=O) groups is 2. The Morgan fingerprint density at radius 3 is 2.63 bits per heavy atom. The van der Waals surface area contributed by atoms with Crippen molar-refractivity contribution >= 4 is 28.4 Å². The maximum Gasteiger partial charge on any atom is 0.262 e. The van der Waals surface area contributed by atoms with E-state index in [-0.39, 0.29) is 35.8 Å². The maximum absolute atomic E-state index is 13.7. The summed E-state index contributed by atoms with van der Waals surface area (Å²) in [6.07, 6.45) is -0.335. The second-order valence-electron chi connectivity index (χ2n) is 10.4. The SMILES string of the molecule is CC(C)[C@@H]1N[C@@H]2N(C1=O)c1ccccc1[C@]21C[C@@H]2C(=O)N[C@](C)(O1)c1nc3ccccc3c(=O)n12. The van der Waals surface area contributed by atoms with Gasteiger partial charge in [-0.25, -0.2) is 4.98 Å². The molecule has 0 radical (unpaired) electrons. The highest BCUT2D eigenvalue weighted by Crippen LogP contribution is 2.56. The fourth-order valence-electron chi connectivity index (χ4n) is 6.40. The van der Waals surface area contributed by atoms with Gasteiger partial charge in [-0.2, -0.15) is 0 Å². The number of fused-ring (bicyclic) bond motifs is 5. The van der Waals surface area contributed by atoms with Gasteiger partial charge in [-0.15, -0.1) is 0 Å². The first-order valence-electron chi connectivity index (χ1n) is 12.0. The van der Waals surface area contributed by atoms with Gasteiger partial charge in [-0.3, -0.25) is 29.2 Å². The topological polar surface area (TPSA) is 106 Å². The van der Waals surface area contributed by atoms with E-state index in [4.69, 9.17) is 9.72 Å². The van der Waals surface area contributed by atoms with Gasteiger partial charge in [-0.05, 0) is 31.0 Å². The molecular weight excluding hydrogens is 446 g/mol. The molecule has 8 rings (SSSR count). The molecular formula is C26H25N5O4. The minimum absolute atomic E-state index is 0.0162. The molecule has 0 unspecified atom stereocenters. The normalized spacial score (nSPS) is 32.7. The Morgan fingerprint density at radius 2 is 1.83 bits per heavy atom. The zero-order chi connectivity index (χ0) is 24.3. The number of aromatic nitrogens is 2. The third-order valence-corrected chi connectivity index (χ3v) is 7.92. The van der Waals surface area contributed by atoms with Crippen molar-refractivity contribution in [3.63, 3.8) is 0 Å². The second-order valence-corrected chi connectivity index (χ2v) is 10.4. The highest BCUT2D eigenvalue weighted by molar-refractivity contribution is 6.03. The van der Waals surface area contributed by atoms with Gasteiger partial charge in [0.2, 0.25) is 11.8 Å². The van der Waals surface area contributed by atoms with Crippen LogP contribution in [-0.4, -0.2) is 33.6 Å². The van der Waals surface area contributed by atoms with Crippen LogP contribution in [0.15, 0.2) is 53.3 Å². The fourth-order valence-corrected chi connectivity index (χ4v) is 6.40. The van der Waals surface area contributed by atoms with E-state index in [9.17, 15) is 14.4 Å². The molecule has 5 aliphatic heterocycles. The lowest BCUT2D eigenvalue weighted by Crippen LogP contribution is -2.57. The van der Waals surface area contributed by atoms with Crippen LogP contribution in [0.5, 0.6) is 0 Å². The predicted octanol–water partition coefficient (Wildman–Crippen LogP) is 1.86. The monoisotopic (exact) mass is 471 g/mol. The first-order valence-corrected chi connectivity index (χ1v) is 12.0. The van der Waals surface area contributed by atoms with Crippen molar-refractivity contribution in [2.75, 3.05) is 4.90 Å². The largest absolute Gasteiger partial charge is 0.334 e. The Labute approximate surface area is 201 Å². The number of ether oxygens (including phenoxy) is 1. The van der Waals surface area contributed by atoms with Gasteiger partial charge >= 0.3 is 0 Å². The molecule has 2 aromatic carbocycles. The van der Waals surface area contributed by atoms with E-state index in [0.717, 1.165) is 11.3 Å². The number of carbonyl (C=O) groups excluding carboxylic acids is 2. The van der Waals surface area contributed by atoms with Gasteiger partial charge in [0.1, 0.15) is 17.8 Å². The minimum Gasteiger partial charge on any atom is -0.334 e. The van der Waals surface area contributed by atoms with E-state index in [2.05, 4.69) is 10.6 Å². The van der Waals surface area contributed by atoms with Gasteiger partial charge < -0.3 is 10.1 Å². The third-order valence-electron chi connectivity index (χ3n) is 7.92. The van der Waals surface area contributed by atoms with E-state index >= 15 is 0 Å². The number of benzene rings is 2. The molecule has 9 heteroatoms. The molecule has 6 heterocycles. The molecule has 2 bridgehead atoms. The van der Waals surface area contributed by atoms with Crippen LogP contribution in [0, 0.1) is 5.92 Å². The molecule has 2 N–H and O–H groups in total. The summed E-state index contributed by atoms with van der Waals surface area (Å²) < 4.78 is 8.44. The van der Waals surface area contributed by atoms with Crippen molar-refractivity contribution in [2.24, 2.45) is 5.92 Å². The van der Waals surface area contributed by atoms with Crippen LogP contribution in [-0.2, 0) is 25.7 Å². The molecule has 2 amide bonds. The number of nitrogens with zero attached hydrogens (tertiary/aromatic N) is 3. The summed E-state index contributed by atoms with van der Waals surface area (Å²) in [6, 6.07) is 13.6. The molecule has 3 aromatic rings. The van der Waals surface area contributed by atoms with Gasteiger partial charge in [0.25, 0.3) is 5.56 Å². The van der Waals surface area contributed by atoms with Crippen LogP contribution in [0.25, 0.3) is 10.9 Å². The number of amides is 2. The lowest BCUT2D eigenvalue weighted by Gasteiger charge is -2.40. The van der Waals surface area contributed by atoms with E-state index in [1.165, 1.54) is 4.57 Å². The number of nitrogens with one attached hydrogen (secondary N) is 2. The summed E-state index contributed by atoms with van der Waals surface area (Å²) in [5.41, 5.74) is -0.572. The Balaban J connectivity index is 1.49. The Kier molecular flexibility index (Phi) is 3.89. The average molecular weight is 472 g/mol. The molecule has 178 valence electrons. The average Bonchev–Trinajstić information content (AvgIpc) is 3.22. The fraction of sp³-hybridized carbons (Fsp3) is 0.385. The Morgan fingerprint density at radius 1 is 1.09 bits per heavy atom. The van der Waals surface area contributed by atoms with E-state index in [1.807, 2.05) is 44.2 Å². The van der Waals surface area contributed by atoms with Crippen molar-refractivity contribution in [3.05, 3.63) is 70.3 Å². The third kappa shape index (κ3) is 2.44. The molecule has 2 fully saturated rings.